The van der Waals surface area contributed by atoms with E-state index in [-0.39, 0.29) is 5.91 Å². The third-order valence-corrected chi connectivity index (χ3v) is 6.17. The molecule has 0 unspecified atom stereocenters. The molecule has 3 N–H and O–H groups in total. The van der Waals surface area contributed by atoms with Crippen molar-refractivity contribution in [2.75, 3.05) is 32.1 Å². The van der Waals surface area contributed by atoms with Crippen LogP contribution in [0.25, 0.3) is 11.0 Å². The first kappa shape index (κ1) is 26.5. The number of aromatic nitrogens is 2. The van der Waals surface area contributed by atoms with Gasteiger partial charge in [-0.1, -0.05) is 27.7 Å². The van der Waals surface area contributed by atoms with Gasteiger partial charge in [-0.15, -0.1) is 0 Å². The van der Waals surface area contributed by atoms with Crippen molar-refractivity contribution in [3.63, 3.8) is 0 Å². The molecule has 7 nitrogen and oxygen atoms in total. The molecule has 0 spiro atoms. The molecule has 0 bridgehead atoms. The van der Waals surface area contributed by atoms with E-state index in [1.807, 2.05) is 47.4 Å². The zero-order valence-electron chi connectivity index (χ0n) is 21.9. The van der Waals surface area contributed by atoms with Gasteiger partial charge in [-0.05, 0) is 80.1 Å². The van der Waals surface area contributed by atoms with Crippen LogP contribution in [0.2, 0.25) is 0 Å². The summed E-state index contributed by atoms with van der Waals surface area (Å²) in [6, 6.07) is 13.6. The Morgan fingerprint density at radius 3 is 2.29 bits per heavy atom. The van der Waals surface area contributed by atoms with Crippen molar-refractivity contribution in [3.8, 4) is 5.75 Å². The molecule has 35 heavy (non-hydrogen) atoms. The lowest BCUT2D eigenvalue weighted by molar-refractivity contribution is 0.0741. The molecule has 1 amide bonds. The predicted octanol–water partition coefficient (Wildman–Crippen LogP) is 5.67. The Bertz CT molecular complexity index is 1080. The summed E-state index contributed by atoms with van der Waals surface area (Å²) in [6.07, 6.45) is 2.81. The summed E-state index contributed by atoms with van der Waals surface area (Å²) in [7, 11) is 1.65. The minimum atomic E-state index is 0.0874. The number of nitrogens with one attached hydrogen (secondary N) is 1. The molecule has 7 heteroatoms. The normalized spacial score (nSPS) is 11.4. The lowest BCUT2D eigenvalue weighted by Gasteiger charge is -2.24. The average molecular weight is 480 g/mol. The number of methoxy groups -OCH3 is 1. The fourth-order valence-corrected chi connectivity index (χ4v) is 3.96. The molecule has 1 aromatic heterocycles. The van der Waals surface area contributed by atoms with Crippen molar-refractivity contribution < 1.29 is 9.53 Å². The topological polar surface area (TPSA) is 85.4 Å². The number of imidazole rings is 1. The van der Waals surface area contributed by atoms with Crippen molar-refractivity contribution in [1.82, 2.24) is 14.5 Å². The number of carbonyl (C=O) groups excluding carboxylic acids is 1. The summed E-state index contributed by atoms with van der Waals surface area (Å²) >= 11 is 0. The van der Waals surface area contributed by atoms with Crippen molar-refractivity contribution in [1.29, 1.82) is 0 Å². The molecule has 0 fully saturated rings. The van der Waals surface area contributed by atoms with Crippen LogP contribution in [0.1, 0.15) is 57.3 Å². The second-order valence-corrected chi connectivity index (χ2v) is 9.94. The molecule has 190 valence electrons. The summed E-state index contributed by atoms with van der Waals surface area (Å²) in [6.45, 7) is 11.6. The number of nitrogens with zero attached hydrogens (tertiary/aromatic N) is 3. The zero-order chi connectivity index (χ0) is 25.4. The molecule has 0 aliphatic carbocycles. The highest BCUT2D eigenvalue weighted by Gasteiger charge is 2.19. The largest absolute Gasteiger partial charge is 0.497 e. The van der Waals surface area contributed by atoms with Crippen LogP contribution in [-0.4, -0.2) is 47.1 Å². The number of anilines is 2. The lowest BCUT2D eigenvalue weighted by Crippen LogP contribution is -2.34. The van der Waals surface area contributed by atoms with Crippen LogP contribution in [0.15, 0.2) is 42.5 Å². The number of nitrogens with two attached hydrogens (primary N) is 1. The van der Waals surface area contributed by atoms with Gasteiger partial charge >= 0.3 is 0 Å². The average Bonchev–Trinajstić information content (AvgIpc) is 3.18. The number of aryl methyl sites for hydroxylation is 1. The first-order valence-corrected chi connectivity index (χ1v) is 12.7. The number of carbonyl (C=O) groups is 1. The van der Waals surface area contributed by atoms with Crippen LogP contribution in [0, 0.1) is 11.8 Å². The van der Waals surface area contributed by atoms with E-state index in [2.05, 4.69) is 37.6 Å². The molecule has 3 rings (SSSR count). The summed E-state index contributed by atoms with van der Waals surface area (Å²) < 4.78 is 7.38. The summed E-state index contributed by atoms with van der Waals surface area (Å²) in [5.74, 6) is 2.73. The van der Waals surface area contributed by atoms with Crippen molar-refractivity contribution in [3.05, 3.63) is 48.0 Å². The van der Waals surface area contributed by atoms with Crippen molar-refractivity contribution in [2.45, 2.75) is 53.5 Å². The van der Waals surface area contributed by atoms with Crippen LogP contribution in [0.5, 0.6) is 5.75 Å². The van der Waals surface area contributed by atoms with E-state index in [1.165, 1.54) is 0 Å². The first-order chi connectivity index (χ1) is 16.8. The highest BCUT2D eigenvalue weighted by Crippen LogP contribution is 2.26. The van der Waals surface area contributed by atoms with Gasteiger partial charge in [0.2, 0.25) is 5.95 Å². The van der Waals surface area contributed by atoms with E-state index in [9.17, 15) is 4.79 Å². The maximum Gasteiger partial charge on any atom is 0.253 e. The maximum atomic E-state index is 13.5. The first-order valence-electron chi connectivity index (χ1n) is 12.7. The van der Waals surface area contributed by atoms with Gasteiger partial charge in [0.15, 0.2) is 0 Å². The maximum absolute atomic E-state index is 13.5. The molecule has 3 aromatic rings. The van der Waals surface area contributed by atoms with E-state index in [1.54, 1.807) is 7.11 Å². The van der Waals surface area contributed by atoms with E-state index >= 15 is 0 Å². The molecule has 0 radical (unpaired) electrons. The number of rotatable bonds is 13. The molecular formula is C28H41N5O2. The zero-order valence-corrected chi connectivity index (χ0v) is 21.9. The minimum absolute atomic E-state index is 0.0874. The monoisotopic (exact) mass is 479 g/mol. The van der Waals surface area contributed by atoms with Crippen LogP contribution < -0.4 is 15.8 Å². The van der Waals surface area contributed by atoms with Gasteiger partial charge in [0.05, 0.1) is 18.1 Å². The Morgan fingerprint density at radius 2 is 1.71 bits per heavy atom. The number of hydrogen-bond donors (Lipinski definition) is 2. The van der Waals surface area contributed by atoms with Gasteiger partial charge in [-0.2, -0.15) is 0 Å². The van der Waals surface area contributed by atoms with Crippen LogP contribution in [-0.2, 0) is 6.54 Å². The van der Waals surface area contributed by atoms with Crippen molar-refractivity contribution >= 4 is 28.6 Å². The Labute approximate surface area is 209 Å². The minimum Gasteiger partial charge on any atom is -0.497 e. The highest BCUT2D eigenvalue weighted by molar-refractivity contribution is 5.98. The lowest BCUT2D eigenvalue weighted by atomic mass is 10.1. The number of ether oxygens (including phenoxy) is 1. The van der Waals surface area contributed by atoms with Crippen LogP contribution >= 0.6 is 0 Å². The fraction of sp³-hybridized carbons (Fsp3) is 0.500. The Balaban J connectivity index is 1.92. The third kappa shape index (κ3) is 7.21. The van der Waals surface area contributed by atoms with Gasteiger partial charge in [-0.25, -0.2) is 4.98 Å². The SMILES string of the molecule is COc1ccc(Nc2nc3ccc(C(=O)N(CCC(C)C)CCC(C)C)cc3n2CCCN)cc1. The second-order valence-electron chi connectivity index (χ2n) is 9.94. The fourth-order valence-electron chi connectivity index (χ4n) is 3.96. The van der Waals surface area contributed by atoms with Gasteiger partial charge in [0, 0.05) is 30.9 Å². The molecule has 0 saturated carbocycles. The second kappa shape index (κ2) is 12.6. The molecular weight excluding hydrogens is 438 g/mol. The van der Waals surface area contributed by atoms with E-state index in [0.29, 0.717) is 30.5 Å². The molecule has 1 heterocycles. The third-order valence-electron chi connectivity index (χ3n) is 6.17. The summed E-state index contributed by atoms with van der Waals surface area (Å²) in [5, 5.41) is 3.42. The Morgan fingerprint density at radius 1 is 1.06 bits per heavy atom. The van der Waals surface area contributed by atoms with Crippen molar-refractivity contribution in [2.24, 2.45) is 17.6 Å². The smallest absolute Gasteiger partial charge is 0.253 e. The summed E-state index contributed by atoms with van der Waals surface area (Å²) in [5.41, 5.74) is 9.24. The molecule has 0 atom stereocenters. The molecule has 0 saturated heterocycles. The van der Waals surface area contributed by atoms with Gasteiger partial charge < -0.3 is 25.3 Å². The van der Waals surface area contributed by atoms with Gasteiger partial charge in [0.25, 0.3) is 5.91 Å². The highest BCUT2D eigenvalue weighted by atomic mass is 16.5. The standard InChI is InChI=1S/C28H41N5O2/c1-20(2)13-17-32(18-14-21(3)4)27(34)22-7-12-25-26(19-22)33(16-6-15-29)28(31-25)30-23-8-10-24(35-5)11-9-23/h7-12,19-21H,6,13-18,29H2,1-5H3,(H,30,31). The summed E-state index contributed by atoms with van der Waals surface area (Å²) in [4.78, 5) is 20.4. The van der Waals surface area contributed by atoms with Gasteiger partial charge in [0.1, 0.15) is 5.75 Å². The number of fused-ring (bicyclic) bond motifs is 1. The van der Waals surface area contributed by atoms with Crippen LogP contribution in [0.4, 0.5) is 11.6 Å². The number of amides is 1. The predicted molar refractivity (Wildman–Crippen MR) is 144 cm³/mol. The molecule has 0 aliphatic heterocycles. The molecule has 0 aliphatic rings. The van der Waals surface area contributed by atoms with Crippen LogP contribution in [0.3, 0.4) is 0 Å². The van der Waals surface area contributed by atoms with E-state index < -0.39 is 0 Å². The quantitative estimate of drug-likeness (QED) is 0.330. The Kier molecular flexibility index (Phi) is 9.55. The Hall–Kier alpha value is -3.06. The van der Waals surface area contributed by atoms with E-state index in [0.717, 1.165) is 60.8 Å². The number of benzene rings is 2. The van der Waals surface area contributed by atoms with Gasteiger partial charge in [-0.3, -0.25) is 4.79 Å². The van der Waals surface area contributed by atoms with E-state index in [4.69, 9.17) is 15.5 Å². The number of hydrogen-bond acceptors (Lipinski definition) is 5. The molecule has 2 aromatic carbocycles.